The van der Waals surface area contributed by atoms with Crippen LogP contribution in [0.4, 0.5) is 16.2 Å². The van der Waals surface area contributed by atoms with Crippen LogP contribution in [0.3, 0.4) is 0 Å². The molecule has 3 aromatic rings. The van der Waals surface area contributed by atoms with E-state index in [-0.39, 0.29) is 4.90 Å². The Morgan fingerprint density at radius 2 is 1.63 bits per heavy atom. The van der Waals surface area contributed by atoms with Crippen molar-refractivity contribution in [1.29, 1.82) is 0 Å². The SMILES string of the molecule is Cc1ccc(NC(=O)Nc2cccc3ccccc23)cc1S(=O)(=O)N(C)C. The van der Waals surface area contributed by atoms with E-state index in [2.05, 4.69) is 10.6 Å². The van der Waals surface area contributed by atoms with Gasteiger partial charge in [0.2, 0.25) is 10.0 Å². The molecule has 2 amide bonds. The number of amides is 2. The summed E-state index contributed by atoms with van der Waals surface area (Å²) >= 11 is 0. The van der Waals surface area contributed by atoms with E-state index in [9.17, 15) is 13.2 Å². The van der Waals surface area contributed by atoms with Gasteiger partial charge in [0, 0.05) is 25.2 Å². The number of anilines is 2. The summed E-state index contributed by atoms with van der Waals surface area (Å²) in [7, 11) is -0.643. The third-order valence-electron chi connectivity index (χ3n) is 4.24. The van der Waals surface area contributed by atoms with Gasteiger partial charge in [0.15, 0.2) is 0 Å². The number of aryl methyl sites for hydroxylation is 1. The summed E-state index contributed by atoms with van der Waals surface area (Å²) in [6.45, 7) is 1.72. The quantitative estimate of drug-likeness (QED) is 0.714. The zero-order valence-electron chi connectivity index (χ0n) is 15.4. The van der Waals surface area contributed by atoms with Crippen LogP contribution in [0.5, 0.6) is 0 Å². The van der Waals surface area contributed by atoms with E-state index in [1.165, 1.54) is 20.2 Å². The van der Waals surface area contributed by atoms with E-state index >= 15 is 0 Å². The number of rotatable bonds is 4. The number of carbonyl (C=O) groups is 1. The maximum Gasteiger partial charge on any atom is 0.323 e. The number of hydrogen-bond donors (Lipinski definition) is 2. The molecule has 0 atom stereocenters. The predicted octanol–water partition coefficient (Wildman–Crippen LogP) is 4.04. The number of nitrogens with one attached hydrogen (secondary N) is 2. The minimum atomic E-state index is -3.59. The van der Waals surface area contributed by atoms with E-state index in [1.54, 1.807) is 19.1 Å². The Hall–Kier alpha value is -2.90. The van der Waals surface area contributed by atoms with E-state index in [0.717, 1.165) is 15.1 Å². The molecule has 0 aliphatic heterocycles. The van der Waals surface area contributed by atoms with E-state index in [0.29, 0.717) is 16.9 Å². The number of carbonyl (C=O) groups excluding carboxylic acids is 1. The third-order valence-corrected chi connectivity index (χ3v) is 6.20. The van der Waals surface area contributed by atoms with Crippen LogP contribution in [-0.4, -0.2) is 32.8 Å². The number of urea groups is 1. The highest BCUT2D eigenvalue weighted by molar-refractivity contribution is 7.89. The smallest absolute Gasteiger partial charge is 0.308 e. The van der Waals surface area contributed by atoms with Gasteiger partial charge < -0.3 is 10.6 Å². The van der Waals surface area contributed by atoms with Crippen molar-refractivity contribution in [3.8, 4) is 0 Å². The van der Waals surface area contributed by atoms with Gasteiger partial charge in [0.05, 0.1) is 10.6 Å². The highest BCUT2D eigenvalue weighted by Crippen LogP contribution is 2.25. The average Bonchev–Trinajstić information content (AvgIpc) is 2.63. The van der Waals surface area contributed by atoms with Crippen molar-refractivity contribution in [1.82, 2.24) is 4.31 Å². The van der Waals surface area contributed by atoms with E-state index in [1.807, 2.05) is 42.5 Å². The first-order valence-corrected chi connectivity index (χ1v) is 9.82. The van der Waals surface area contributed by atoms with Crippen molar-refractivity contribution >= 4 is 38.2 Å². The summed E-state index contributed by atoms with van der Waals surface area (Å²) < 4.78 is 26.0. The molecule has 0 bridgehead atoms. The van der Waals surface area contributed by atoms with Crippen molar-refractivity contribution in [2.75, 3.05) is 24.7 Å². The van der Waals surface area contributed by atoms with Crippen molar-refractivity contribution in [2.45, 2.75) is 11.8 Å². The molecule has 6 nitrogen and oxygen atoms in total. The summed E-state index contributed by atoms with van der Waals surface area (Å²) in [5.41, 5.74) is 1.70. The molecule has 3 rings (SSSR count). The highest BCUT2D eigenvalue weighted by Gasteiger charge is 2.20. The van der Waals surface area contributed by atoms with Gasteiger partial charge in [-0.2, -0.15) is 0 Å². The highest BCUT2D eigenvalue weighted by atomic mass is 32.2. The fraction of sp³-hybridized carbons (Fsp3) is 0.150. The summed E-state index contributed by atoms with van der Waals surface area (Å²) in [6.07, 6.45) is 0. The lowest BCUT2D eigenvalue weighted by atomic mass is 10.1. The standard InChI is InChI=1S/C20H21N3O3S/c1-14-11-12-16(13-19(14)27(25,26)23(2)3)21-20(24)22-18-10-6-8-15-7-4-5-9-17(15)18/h4-13H,1-3H3,(H2,21,22,24). The minimum Gasteiger partial charge on any atom is -0.308 e. The van der Waals surface area contributed by atoms with Gasteiger partial charge in [-0.1, -0.05) is 42.5 Å². The summed E-state index contributed by atoms with van der Waals surface area (Å²) in [5.74, 6) is 0. The lowest BCUT2D eigenvalue weighted by Crippen LogP contribution is -2.24. The third kappa shape index (κ3) is 3.94. The number of benzene rings is 3. The van der Waals surface area contributed by atoms with Crippen molar-refractivity contribution in [2.24, 2.45) is 0 Å². The predicted molar refractivity (Wildman–Crippen MR) is 109 cm³/mol. The van der Waals surface area contributed by atoms with Gasteiger partial charge in [-0.15, -0.1) is 0 Å². The van der Waals surface area contributed by atoms with Crippen LogP contribution in [0.2, 0.25) is 0 Å². The molecule has 0 unspecified atom stereocenters. The Balaban J connectivity index is 1.84. The number of nitrogens with zero attached hydrogens (tertiary/aromatic N) is 1. The summed E-state index contributed by atoms with van der Waals surface area (Å²) in [6, 6.07) is 17.8. The molecular weight excluding hydrogens is 362 g/mol. The van der Waals surface area contributed by atoms with Gasteiger partial charge in [0.25, 0.3) is 0 Å². The first kappa shape index (κ1) is 18.9. The zero-order valence-corrected chi connectivity index (χ0v) is 16.2. The second-order valence-corrected chi connectivity index (χ2v) is 8.49. The Morgan fingerprint density at radius 1 is 0.926 bits per heavy atom. The summed E-state index contributed by atoms with van der Waals surface area (Å²) in [4.78, 5) is 12.6. The van der Waals surface area contributed by atoms with Crippen LogP contribution >= 0.6 is 0 Å². The second-order valence-electron chi connectivity index (χ2n) is 6.37. The van der Waals surface area contributed by atoms with Gasteiger partial charge in [0.1, 0.15) is 0 Å². The van der Waals surface area contributed by atoms with E-state index in [4.69, 9.17) is 0 Å². The average molecular weight is 383 g/mol. The van der Waals surface area contributed by atoms with Gasteiger partial charge >= 0.3 is 6.03 Å². The molecule has 3 aromatic carbocycles. The van der Waals surface area contributed by atoms with Crippen LogP contribution in [-0.2, 0) is 10.0 Å². The molecule has 0 saturated heterocycles. The number of sulfonamides is 1. The molecule has 0 saturated carbocycles. The molecule has 0 aliphatic rings. The fourth-order valence-electron chi connectivity index (χ4n) is 2.77. The first-order chi connectivity index (χ1) is 12.8. The van der Waals surface area contributed by atoms with Crippen LogP contribution in [0, 0.1) is 6.92 Å². The Labute approximate surface area is 158 Å². The number of fused-ring (bicyclic) bond motifs is 1. The van der Waals surface area contributed by atoms with E-state index < -0.39 is 16.1 Å². The Bertz CT molecular complexity index is 1100. The van der Waals surface area contributed by atoms with Gasteiger partial charge in [-0.3, -0.25) is 0 Å². The van der Waals surface area contributed by atoms with Crippen LogP contribution < -0.4 is 10.6 Å². The van der Waals surface area contributed by atoms with Crippen LogP contribution in [0.1, 0.15) is 5.56 Å². The second kappa shape index (κ2) is 7.38. The largest absolute Gasteiger partial charge is 0.323 e. The molecule has 27 heavy (non-hydrogen) atoms. The monoisotopic (exact) mass is 383 g/mol. The topological polar surface area (TPSA) is 78.5 Å². The molecule has 7 heteroatoms. The molecule has 0 aliphatic carbocycles. The molecule has 0 fully saturated rings. The molecular formula is C20H21N3O3S. The van der Waals surface area contributed by atoms with Crippen LogP contribution in [0.15, 0.2) is 65.6 Å². The zero-order chi connectivity index (χ0) is 19.6. The van der Waals surface area contributed by atoms with Crippen molar-refractivity contribution < 1.29 is 13.2 Å². The molecule has 0 spiro atoms. The Kier molecular flexibility index (Phi) is 5.16. The fourth-order valence-corrected chi connectivity index (χ4v) is 3.92. The number of hydrogen-bond acceptors (Lipinski definition) is 3. The van der Waals surface area contributed by atoms with Crippen molar-refractivity contribution in [3.63, 3.8) is 0 Å². The molecule has 140 valence electrons. The molecule has 0 radical (unpaired) electrons. The van der Waals surface area contributed by atoms with Crippen LogP contribution in [0.25, 0.3) is 10.8 Å². The lowest BCUT2D eigenvalue weighted by Gasteiger charge is -2.15. The lowest BCUT2D eigenvalue weighted by molar-refractivity contribution is 0.262. The van der Waals surface area contributed by atoms with Crippen molar-refractivity contribution in [3.05, 3.63) is 66.2 Å². The maximum absolute atomic E-state index is 12.4. The molecule has 2 N–H and O–H groups in total. The maximum atomic E-state index is 12.4. The molecule has 0 aromatic heterocycles. The van der Waals surface area contributed by atoms with Gasteiger partial charge in [-0.25, -0.2) is 17.5 Å². The first-order valence-electron chi connectivity index (χ1n) is 8.38. The summed E-state index contributed by atoms with van der Waals surface area (Å²) in [5, 5.41) is 7.46. The molecule has 0 heterocycles. The van der Waals surface area contributed by atoms with Gasteiger partial charge in [-0.05, 0) is 36.1 Å². The normalized spacial score (nSPS) is 11.6. The minimum absolute atomic E-state index is 0.162. The Morgan fingerprint density at radius 3 is 2.37 bits per heavy atom.